The third-order valence-corrected chi connectivity index (χ3v) is 5.92. The van der Waals surface area contributed by atoms with Crippen LogP contribution >= 0.6 is 0 Å². The first-order valence-electron chi connectivity index (χ1n) is 10.6. The molecule has 6 nitrogen and oxygen atoms in total. The van der Waals surface area contributed by atoms with Crippen molar-refractivity contribution in [2.45, 2.75) is 0 Å². The predicted octanol–water partition coefficient (Wildman–Crippen LogP) is 6.15. The molecule has 0 saturated carbocycles. The number of nitro benzene ring substituents is 1. The number of aromatic nitrogens is 2. The van der Waals surface area contributed by atoms with Crippen LogP contribution in [0, 0.1) is 10.1 Å². The van der Waals surface area contributed by atoms with Crippen molar-refractivity contribution >= 4 is 39.1 Å². The Morgan fingerprint density at radius 2 is 1.55 bits per heavy atom. The number of nitrogens with zero attached hydrogens (tertiary/aromatic N) is 3. The lowest BCUT2D eigenvalue weighted by Crippen LogP contribution is -2.22. The zero-order valence-corrected chi connectivity index (χ0v) is 17.6. The summed E-state index contributed by atoms with van der Waals surface area (Å²) in [5, 5.41) is 16.9. The lowest BCUT2D eigenvalue weighted by molar-refractivity contribution is -0.493. The molecule has 0 atom stereocenters. The normalized spacial score (nSPS) is 11.3. The molecule has 0 aliphatic heterocycles. The van der Waals surface area contributed by atoms with E-state index in [1.807, 2.05) is 48.7 Å². The van der Waals surface area contributed by atoms with Gasteiger partial charge in [0.1, 0.15) is 5.69 Å². The lowest BCUT2D eigenvalue weighted by atomic mass is 10.1. The largest absolute Gasteiger partial charge is 0.272 e. The number of anilines is 2. The molecule has 0 amide bonds. The molecule has 3 aromatic heterocycles. The van der Waals surface area contributed by atoms with E-state index >= 15 is 0 Å². The number of pyridine rings is 2. The monoisotopic (exact) mass is 431 g/mol. The third kappa shape index (κ3) is 3.08. The maximum atomic E-state index is 11.1. The Kier molecular flexibility index (Phi) is 4.30. The first-order valence-corrected chi connectivity index (χ1v) is 10.6. The topological polar surface area (TPSA) is 63.7 Å². The van der Waals surface area contributed by atoms with Crippen molar-refractivity contribution < 1.29 is 9.32 Å². The van der Waals surface area contributed by atoms with Gasteiger partial charge < -0.3 is 0 Å². The number of non-ortho nitro benzene ring substituents is 1. The van der Waals surface area contributed by atoms with Gasteiger partial charge in [0.2, 0.25) is 5.65 Å². The standard InChI is InChI=1S/C27H19N4O2/c32-31(33)22-15-13-21(14-16-22)28-27-26-23-11-5-4-10-20(23)18-24(19-8-2-1-3-9-19)30(26)25-12-6-7-17-29(25)27/h1-18,28H/q+1. The van der Waals surface area contributed by atoms with Gasteiger partial charge in [-0.2, -0.15) is 0 Å². The van der Waals surface area contributed by atoms with Crippen LogP contribution in [0.15, 0.2) is 109 Å². The molecular weight excluding hydrogens is 412 g/mol. The second-order valence-electron chi connectivity index (χ2n) is 7.87. The number of fused-ring (bicyclic) bond motifs is 5. The molecule has 0 saturated heterocycles. The minimum absolute atomic E-state index is 0.0663. The van der Waals surface area contributed by atoms with Gasteiger partial charge >= 0.3 is 0 Å². The summed E-state index contributed by atoms with van der Waals surface area (Å²) in [6, 6.07) is 33.5. The van der Waals surface area contributed by atoms with Gasteiger partial charge in [-0.3, -0.25) is 15.4 Å². The van der Waals surface area contributed by atoms with Crippen molar-refractivity contribution in [3.05, 3.63) is 119 Å². The van der Waals surface area contributed by atoms with Gasteiger partial charge in [0.05, 0.1) is 16.8 Å². The molecule has 6 heteroatoms. The van der Waals surface area contributed by atoms with Crippen LogP contribution in [0.4, 0.5) is 17.2 Å². The van der Waals surface area contributed by atoms with E-state index in [1.165, 1.54) is 12.1 Å². The number of hydrogen-bond donors (Lipinski definition) is 1. The summed E-state index contributed by atoms with van der Waals surface area (Å²) in [6.07, 6.45) is 2.03. The first-order chi connectivity index (χ1) is 16.2. The number of rotatable bonds is 4. The summed E-state index contributed by atoms with van der Waals surface area (Å²) < 4.78 is 4.39. The fourth-order valence-corrected chi connectivity index (χ4v) is 4.43. The average Bonchev–Trinajstić information content (AvgIpc) is 3.19. The van der Waals surface area contributed by atoms with Crippen molar-refractivity contribution in [2.24, 2.45) is 0 Å². The fourth-order valence-electron chi connectivity index (χ4n) is 4.43. The van der Waals surface area contributed by atoms with Crippen LogP contribution in [0.3, 0.4) is 0 Å². The third-order valence-electron chi connectivity index (χ3n) is 5.92. The molecular formula is C27H19N4O2+. The fraction of sp³-hybridized carbons (Fsp3) is 0. The van der Waals surface area contributed by atoms with Crippen molar-refractivity contribution in [2.75, 3.05) is 5.32 Å². The Labute approximate surface area is 189 Å². The van der Waals surface area contributed by atoms with Gasteiger partial charge in [-0.05, 0) is 29.7 Å². The minimum Gasteiger partial charge on any atom is -0.270 e. The SMILES string of the molecule is O=[N+]([O-])c1ccc(Nc2c3c4ccccc4cc(-c4ccccc4)n3c3cccc[n+]23)cc1. The molecule has 0 bridgehead atoms. The zero-order chi connectivity index (χ0) is 22.4. The van der Waals surface area contributed by atoms with E-state index in [0.29, 0.717) is 0 Å². The van der Waals surface area contributed by atoms with E-state index in [1.54, 1.807) is 12.1 Å². The highest BCUT2D eigenvalue weighted by molar-refractivity contribution is 6.04. The molecule has 3 heterocycles. The zero-order valence-electron chi connectivity index (χ0n) is 17.6. The second kappa shape index (κ2) is 7.46. The maximum absolute atomic E-state index is 11.1. The van der Waals surface area contributed by atoms with E-state index < -0.39 is 0 Å². The van der Waals surface area contributed by atoms with E-state index in [2.05, 4.69) is 50.5 Å². The molecule has 0 unspecified atom stereocenters. The molecule has 6 aromatic rings. The van der Waals surface area contributed by atoms with E-state index in [-0.39, 0.29) is 10.6 Å². The minimum atomic E-state index is -0.388. The Morgan fingerprint density at radius 3 is 2.33 bits per heavy atom. The molecule has 6 rings (SSSR count). The van der Waals surface area contributed by atoms with Gasteiger partial charge in [0.25, 0.3) is 11.5 Å². The first kappa shape index (κ1) is 19.0. The number of nitrogens with one attached hydrogen (secondary N) is 1. The van der Waals surface area contributed by atoms with Crippen LogP contribution in [0.1, 0.15) is 0 Å². The van der Waals surface area contributed by atoms with Gasteiger partial charge in [0, 0.05) is 29.1 Å². The second-order valence-corrected chi connectivity index (χ2v) is 7.87. The van der Waals surface area contributed by atoms with Crippen LogP contribution in [0.2, 0.25) is 0 Å². The van der Waals surface area contributed by atoms with Crippen LogP contribution in [-0.4, -0.2) is 9.32 Å². The molecule has 0 aliphatic carbocycles. The molecule has 33 heavy (non-hydrogen) atoms. The molecule has 0 fully saturated rings. The lowest BCUT2D eigenvalue weighted by Gasteiger charge is -2.07. The highest BCUT2D eigenvalue weighted by Crippen LogP contribution is 2.34. The van der Waals surface area contributed by atoms with Gasteiger partial charge in [-0.1, -0.05) is 60.7 Å². The van der Waals surface area contributed by atoms with Crippen LogP contribution in [0.5, 0.6) is 0 Å². The molecule has 0 spiro atoms. The number of imidazole rings is 1. The summed E-state index contributed by atoms with van der Waals surface area (Å²) in [7, 11) is 0. The summed E-state index contributed by atoms with van der Waals surface area (Å²) in [5.74, 6) is 0.897. The quantitative estimate of drug-likeness (QED) is 0.207. The van der Waals surface area contributed by atoms with E-state index in [4.69, 9.17) is 0 Å². The predicted molar refractivity (Wildman–Crippen MR) is 130 cm³/mol. The molecule has 0 aliphatic rings. The molecule has 3 aromatic carbocycles. The van der Waals surface area contributed by atoms with E-state index in [9.17, 15) is 10.1 Å². The summed E-state index contributed by atoms with van der Waals surface area (Å²) in [4.78, 5) is 10.7. The van der Waals surface area contributed by atoms with Crippen molar-refractivity contribution in [3.8, 4) is 11.3 Å². The molecule has 158 valence electrons. The van der Waals surface area contributed by atoms with Gasteiger partial charge in [-0.25, -0.2) is 8.80 Å². The van der Waals surface area contributed by atoms with Crippen LogP contribution in [-0.2, 0) is 0 Å². The van der Waals surface area contributed by atoms with E-state index in [0.717, 1.165) is 44.7 Å². The van der Waals surface area contributed by atoms with Crippen LogP contribution < -0.4 is 9.72 Å². The van der Waals surface area contributed by atoms with Crippen LogP contribution in [0.25, 0.3) is 33.2 Å². The Bertz CT molecular complexity index is 1660. The highest BCUT2D eigenvalue weighted by Gasteiger charge is 2.25. The summed E-state index contributed by atoms with van der Waals surface area (Å²) in [5.41, 5.74) is 5.11. The Morgan fingerprint density at radius 1 is 0.818 bits per heavy atom. The number of benzene rings is 3. The maximum Gasteiger partial charge on any atom is 0.272 e. The van der Waals surface area contributed by atoms with Gasteiger partial charge in [0.15, 0.2) is 5.52 Å². The summed E-state index contributed by atoms with van der Waals surface area (Å²) in [6.45, 7) is 0. The van der Waals surface area contributed by atoms with Crippen molar-refractivity contribution in [1.82, 2.24) is 4.40 Å². The smallest absolute Gasteiger partial charge is 0.270 e. The van der Waals surface area contributed by atoms with Crippen molar-refractivity contribution in [3.63, 3.8) is 0 Å². The average molecular weight is 431 g/mol. The Hall–Kier alpha value is -4.71. The highest BCUT2D eigenvalue weighted by atomic mass is 16.6. The van der Waals surface area contributed by atoms with Crippen molar-refractivity contribution in [1.29, 1.82) is 0 Å². The number of nitro groups is 1. The number of hydrogen-bond acceptors (Lipinski definition) is 3. The summed E-state index contributed by atoms with van der Waals surface area (Å²) >= 11 is 0. The van der Waals surface area contributed by atoms with Gasteiger partial charge in [-0.15, -0.1) is 0 Å². The molecule has 0 radical (unpaired) electrons. The molecule has 1 N–H and O–H groups in total. The Balaban J connectivity index is 1.70.